The van der Waals surface area contributed by atoms with Gasteiger partial charge in [-0.3, -0.25) is 4.98 Å². The Hall–Kier alpha value is -6.82. The van der Waals surface area contributed by atoms with E-state index in [1.165, 1.54) is 59.8 Å². The summed E-state index contributed by atoms with van der Waals surface area (Å²) in [5, 5.41) is 1.11. The monoisotopic (exact) mass is 743 g/mol. The maximum atomic E-state index is 5.04. The molecule has 0 amide bonds. The Bertz CT molecular complexity index is 2980. The molecule has 0 fully saturated rings. The van der Waals surface area contributed by atoms with Gasteiger partial charge in [0.05, 0.1) is 38.6 Å². The summed E-state index contributed by atoms with van der Waals surface area (Å²) in [6.45, 7) is 0.0126. The number of fused-ring (bicyclic) bond motifs is 8. The van der Waals surface area contributed by atoms with Gasteiger partial charge in [0.25, 0.3) is 0 Å². The normalized spacial score (nSPS) is 14.3. The van der Waals surface area contributed by atoms with Crippen LogP contribution in [0.3, 0.4) is 0 Å². The molecule has 9 aromatic rings. The highest BCUT2D eigenvalue weighted by atomic mass is 32.2. The summed E-state index contributed by atoms with van der Waals surface area (Å²) < 4.78 is 0. The van der Waals surface area contributed by atoms with Crippen molar-refractivity contribution >= 4 is 79.9 Å². The molecule has 0 spiro atoms. The number of pyridine rings is 1. The summed E-state index contributed by atoms with van der Waals surface area (Å²) >= 11 is 1.89. The molecule has 0 unspecified atom stereocenters. The highest BCUT2D eigenvalue weighted by molar-refractivity contribution is 8.00. The largest absolute Gasteiger partial charge is 0.310 e. The lowest BCUT2D eigenvalue weighted by Gasteiger charge is -2.50. The predicted octanol–water partition coefficient (Wildman–Crippen LogP) is 11.2. The van der Waals surface area contributed by atoms with Crippen molar-refractivity contribution in [3.63, 3.8) is 0 Å². The second-order valence-electron chi connectivity index (χ2n) is 15.0. The molecule has 5 heteroatoms. The fourth-order valence-electron chi connectivity index (χ4n) is 10.0. The van der Waals surface area contributed by atoms with E-state index < -0.39 is 5.41 Å². The van der Waals surface area contributed by atoms with E-state index in [1.54, 1.807) is 0 Å². The number of hydrogen-bond donors (Lipinski definition) is 0. The van der Waals surface area contributed by atoms with Gasteiger partial charge in [0, 0.05) is 27.9 Å². The first-order valence-electron chi connectivity index (χ1n) is 19.6. The maximum Gasteiger partial charge on any atom is 0.247 e. The molecule has 3 aliphatic rings. The summed E-state index contributed by atoms with van der Waals surface area (Å²) in [6, 6.07) is 73.9. The van der Waals surface area contributed by atoms with Crippen LogP contribution >= 0.6 is 11.8 Å². The number of nitrogens with zero attached hydrogens (tertiary/aromatic N) is 3. The summed E-state index contributed by atoms with van der Waals surface area (Å²) in [5.41, 5.74) is 16.4. The van der Waals surface area contributed by atoms with Gasteiger partial charge in [-0.15, -0.1) is 0 Å². The molecule has 57 heavy (non-hydrogen) atoms. The van der Waals surface area contributed by atoms with Crippen molar-refractivity contribution in [3.8, 4) is 0 Å². The molecule has 0 saturated carbocycles. The fourth-order valence-corrected chi connectivity index (χ4v) is 11.2. The SMILES string of the molecule is c1ccc(N2c3ccccc3B3c4ccccc4C(c4ccccc4)(c4ccccc4)c4cc5c(c2c43)Sc2ccccc2N5c2cccc3cccnc23)cc1. The van der Waals surface area contributed by atoms with Crippen molar-refractivity contribution in [1.82, 2.24) is 4.98 Å². The third kappa shape index (κ3) is 4.55. The van der Waals surface area contributed by atoms with E-state index in [2.05, 4.69) is 204 Å². The maximum absolute atomic E-state index is 5.04. The van der Waals surface area contributed by atoms with Gasteiger partial charge in [0.2, 0.25) is 6.71 Å². The number of rotatable bonds is 4. The Morgan fingerprint density at radius 1 is 0.474 bits per heavy atom. The van der Waals surface area contributed by atoms with Crippen molar-refractivity contribution in [2.45, 2.75) is 15.2 Å². The Morgan fingerprint density at radius 2 is 1.09 bits per heavy atom. The molecule has 12 rings (SSSR count). The molecule has 0 radical (unpaired) electrons. The summed E-state index contributed by atoms with van der Waals surface area (Å²) in [5.74, 6) is 0. The molecule has 3 aliphatic heterocycles. The molecular weight excluding hydrogens is 709 g/mol. The van der Waals surface area contributed by atoms with Gasteiger partial charge in [0.15, 0.2) is 0 Å². The summed E-state index contributed by atoms with van der Waals surface area (Å²) in [4.78, 5) is 12.5. The van der Waals surface area contributed by atoms with Crippen molar-refractivity contribution in [3.05, 3.63) is 229 Å². The Balaban J connectivity index is 1.31. The minimum absolute atomic E-state index is 0.0126. The molecular formula is C52H34BN3S. The van der Waals surface area contributed by atoms with Crippen LogP contribution in [0.4, 0.5) is 34.1 Å². The average molecular weight is 744 g/mol. The Morgan fingerprint density at radius 3 is 1.86 bits per heavy atom. The Labute approximate surface area is 337 Å². The van der Waals surface area contributed by atoms with Crippen LogP contribution in [-0.2, 0) is 5.41 Å². The highest BCUT2D eigenvalue weighted by Crippen LogP contribution is 2.60. The zero-order valence-electron chi connectivity index (χ0n) is 31.0. The van der Waals surface area contributed by atoms with Gasteiger partial charge in [-0.05, 0) is 81.7 Å². The van der Waals surface area contributed by atoms with Gasteiger partial charge in [-0.1, -0.05) is 169 Å². The van der Waals surface area contributed by atoms with E-state index in [-0.39, 0.29) is 6.71 Å². The quantitative estimate of drug-likeness (QED) is 0.167. The zero-order chi connectivity index (χ0) is 37.5. The number of para-hydroxylation sites is 4. The first-order valence-corrected chi connectivity index (χ1v) is 20.4. The van der Waals surface area contributed by atoms with E-state index in [4.69, 9.17) is 4.98 Å². The van der Waals surface area contributed by atoms with Crippen LogP contribution in [0, 0.1) is 0 Å². The third-order valence-corrected chi connectivity index (χ3v) is 13.4. The second-order valence-corrected chi connectivity index (χ2v) is 16.1. The number of benzene rings is 8. The lowest BCUT2D eigenvalue weighted by molar-refractivity contribution is 0.749. The molecule has 3 nitrogen and oxygen atoms in total. The van der Waals surface area contributed by atoms with E-state index in [1.807, 2.05) is 24.0 Å². The van der Waals surface area contributed by atoms with Gasteiger partial charge < -0.3 is 9.80 Å². The van der Waals surface area contributed by atoms with Gasteiger partial charge in [-0.25, -0.2) is 0 Å². The molecule has 0 bridgehead atoms. The van der Waals surface area contributed by atoms with Crippen LogP contribution in [0.5, 0.6) is 0 Å². The van der Waals surface area contributed by atoms with E-state index in [9.17, 15) is 0 Å². The molecule has 0 N–H and O–H groups in total. The molecule has 0 saturated heterocycles. The molecule has 4 heterocycles. The van der Waals surface area contributed by atoms with Gasteiger partial charge in [0.1, 0.15) is 0 Å². The van der Waals surface area contributed by atoms with Crippen molar-refractivity contribution < 1.29 is 0 Å². The minimum Gasteiger partial charge on any atom is -0.310 e. The lowest BCUT2D eigenvalue weighted by Crippen LogP contribution is -2.65. The van der Waals surface area contributed by atoms with Crippen molar-refractivity contribution in [2.75, 3.05) is 9.80 Å². The average Bonchev–Trinajstić information content (AvgIpc) is 3.29. The van der Waals surface area contributed by atoms with E-state index in [0.29, 0.717) is 0 Å². The Kier molecular flexibility index (Phi) is 7.17. The topological polar surface area (TPSA) is 19.4 Å². The van der Waals surface area contributed by atoms with Crippen LogP contribution in [-0.4, -0.2) is 11.7 Å². The molecule has 0 atom stereocenters. The number of anilines is 6. The van der Waals surface area contributed by atoms with Crippen LogP contribution in [0.15, 0.2) is 216 Å². The van der Waals surface area contributed by atoms with Crippen LogP contribution in [0.1, 0.15) is 22.3 Å². The summed E-state index contributed by atoms with van der Waals surface area (Å²) in [6.07, 6.45) is 1.92. The molecule has 1 aromatic heterocycles. The van der Waals surface area contributed by atoms with Crippen molar-refractivity contribution in [2.24, 2.45) is 0 Å². The summed E-state index contributed by atoms with van der Waals surface area (Å²) in [7, 11) is 0. The van der Waals surface area contributed by atoms with Gasteiger partial charge >= 0.3 is 0 Å². The molecule has 266 valence electrons. The number of aromatic nitrogens is 1. The second kappa shape index (κ2) is 12.6. The number of hydrogen-bond acceptors (Lipinski definition) is 4. The fraction of sp³-hybridized carbons (Fsp3) is 0.0192. The zero-order valence-corrected chi connectivity index (χ0v) is 31.8. The lowest BCUT2D eigenvalue weighted by atomic mass is 9.29. The standard InChI is InChI=1S/C52H34BN3S/c1-4-20-36(21-5-1)52(37-22-6-2-7-23-37)39-26-10-11-27-41(39)53-42-28-12-13-29-43(42)55(38-24-8-3-9-25-38)50-48(53)40(52)34-46-51(50)57-47-32-15-14-30-44(47)56(46)45-31-16-18-35-19-17-33-54-49(35)45/h1-34H. The minimum atomic E-state index is -0.631. The van der Waals surface area contributed by atoms with Crippen LogP contribution in [0.25, 0.3) is 10.9 Å². The van der Waals surface area contributed by atoms with E-state index in [0.717, 1.165) is 33.7 Å². The first-order chi connectivity index (χ1) is 28.3. The van der Waals surface area contributed by atoms with Gasteiger partial charge in [-0.2, -0.15) is 0 Å². The van der Waals surface area contributed by atoms with E-state index >= 15 is 0 Å². The van der Waals surface area contributed by atoms with Crippen molar-refractivity contribution in [1.29, 1.82) is 0 Å². The molecule has 8 aromatic carbocycles. The van der Waals surface area contributed by atoms with Crippen LogP contribution in [0.2, 0.25) is 0 Å². The smallest absolute Gasteiger partial charge is 0.247 e. The predicted molar refractivity (Wildman–Crippen MR) is 238 cm³/mol. The molecule has 0 aliphatic carbocycles. The highest BCUT2D eigenvalue weighted by Gasteiger charge is 2.53. The first kappa shape index (κ1) is 32.4. The van der Waals surface area contributed by atoms with Crippen LogP contribution < -0.4 is 26.2 Å². The third-order valence-electron chi connectivity index (χ3n) is 12.2.